The number of likely N-dealkylation sites (N-methyl/N-ethyl adjacent to an activating group) is 2. The summed E-state index contributed by atoms with van der Waals surface area (Å²) in [6, 6.07) is 32.1. The van der Waals surface area contributed by atoms with Gasteiger partial charge in [0.25, 0.3) is 23.6 Å². The van der Waals surface area contributed by atoms with Crippen LogP contribution in [0.15, 0.2) is 107 Å². The summed E-state index contributed by atoms with van der Waals surface area (Å²) < 4.78 is 12.3. The average Bonchev–Trinajstić information content (AvgIpc) is 1.84. The van der Waals surface area contributed by atoms with Crippen LogP contribution in [0.25, 0.3) is 17.0 Å². The first-order valence-electron chi connectivity index (χ1n) is 28.9. The zero-order valence-corrected chi connectivity index (χ0v) is 52.8. The molecule has 0 saturated heterocycles. The molecule has 17 nitrogen and oxygen atoms in total. The average molecular weight is 1250 g/mol. The van der Waals surface area contributed by atoms with Gasteiger partial charge in [0.2, 0.25) is 0 Å². The highest BCUT2D eigenvalue weighted by molar-refractivity contribution is 8.03. The second kappa shape index (κ2) is 33.2. The first-order chi connectivity index (χ1) is 40.6. The van der Waals surface area contributed by atoms with Crippen LogP contribution in [0, 0.1) is 0 Å². The van der Waals surface area contributed by atoms with Crippen LogP contribution in [0.3, 0.4) is 0 Å². The SMILES string of the molecule is C[N+](C)(CCCN(CCC[N+](C)(C)CC(=O)NCCNC(=O)COc1ccc(N(CCCl)CCCl)cc1)c1cc(/C=C2\Sc3cccc4c3N2CCC4)c2ccccc2n1)CC(=O)NCCNC(=O)COc1ccc(N(CCCl)CCCl)cc1. The minimum Gasteiger partial charge on any atom is -0.484 e. The number of fused-ring (bicyclic) bond motifs is 1. The molecule has 4 aromatic carbocycles. The summed E-state index contributed by atoms with van der Waals surface area (Å²) in [5.74, 6) is 3.17. The maximum Gasteiger partial charge on any atom is 0.275 e. The van der Waals surface area contributed by atoms with Gasteiger partial charge in [0.1, 0.15) is 17.3 Å². The van der Waals surface area contributed by atoms with Gasteiger partial charge in [0, 0.05) is 130 Å². The second-order valence-electron chi connectivity index (χ2n) is 22.2. The lowest BCUT2D eigenvalue weighted by atomic mass is 10.0. The number of carbonyl (C=O) groups is 4. The van der Waals surface area contributed by atoms with Gasteiger partial charge >= 0.3 is 0 Å². The van der Waals surface area contributed by atoms with Crippen molar-refractivity contribution < 1.29 is 37.6 Å². The number of halogens is 4. The molecule has 84 heavy (non-hydrogen) atoms. The Balaban J connectivity index is 0.908. The van der Waals surface area contributed by atoms with Gasteiger partial charge in [0.15, 0.2) is 26.3 Å². The molecule has 2 aliphatic rings. The molecule has 1 aromatic heterocycles. The Morgan fingerprint density at radius 2 is 1.10 bits per heavy atom. The lowest BCUT2D eigenvalue weighted by Crippen LogP contribution is -2.50. The smallest absolute Gasteiger partial charge is 0.275 e. The predicted molar refractivity (Wildman–Crippen MR) is 346 cm³/mol. The van der Waals surface area contributed by atoms with E-state index in [1.807, 2.05) is 66.4 Å². The summed E-state index contributed by atoms with van der Waals surface area (Å²) in [5.41, 5.74) is 6.71. The molecule has 0 fully saturated rings. The van der Waals surface area contributed by atoms with E-state index >= 15 is 0 Å². The van der Waals surface area contributed by atoms with Crippen molar-refractivity contribution in [2.75, 3.05) is 183 Å². The third-order valence-electron chi connectivity index (χ3n) is 14.6. The molecule has 22 heteroatoms. The zero-order valence-electron chi connectivity index (χ0n) is 49.0. The van der Waals surface area contributed by atoms with E-state index in [0.29, 0.717) is 83.3 Å². The number of amides is 4. The summed E-state index contributed by atoms with van der Waals surface area (Å²) in [5, 5.41) is 13.9. The van der Waals surface area contributed by atoms with E-state index in [9.17, 15) is 19.2 Å². The fourth-order valence-corrected chi connectivity index (χ4v) is 12.4. The maximum atomic E-state index is 13.3. The number of aromatic nitrogens is 1. The lowest BCUT2D eigenvalue weighted by molar-refractivity contribution is -0.882. The number of hydrogen-bond donors (Lipinski definition) is 4. The molecule has 3 heterocycles. The Morgan fingerprint density at radius 3 is 1.60 bits per heavy atom. The van der Waals surface area contributed by atoms with Gasteiger partial charge in [-0.25, -0.2) is 4.98 Å². The van der Waals surface area contributed by atoms with E-state index < -0.39 is 0 Å². The lowest BCUT2D eigenvalue weighted by Gasteiger charge is -2.32. The number of para-hydroxylation sites is 2. The van der Waals surface area contributed by atoms with Gasteiger partial charge in [-0.15, -0.1) is 46.4 Å². The van der Waals surface area contributed by atoms with Crippen molar-refractivity contribution in [1.82, 2.24) is 26.3 Å². The van der Waals surface area contributed by atoms with E-state index in [1.165, 1.54) is 21.2 Å². The Bertz CT molecular complexity index is 2850. The minimum atomic E-state index is -0.285. The van der Waals surface area contributed by atoms with Gasteiger partial charge in [0.05, 0.1) is 57.5 Å². The number of ether oxygens (including phenoxy) is 2. The monoisotopic (exact) mass is 1250 g/mol. The molecule has 0 atom stereocenters. The molecule has 0 radical (unpaired) electrons. The highest BCUT2D eigenvalue weighted by Crippen LogP contribution is 2.50. The van der Waals surface area contributed by atoms with Crippen LogP contribution in [0.4, 0.5) is 22.9 Å². The van der Waals surface area contributed by atoms with E-state index in [1.54, 1.807) is 0 Å². The standard InChI is InChI=1S/C62H81Cl4N11O6S/c1-76(2,43-57(78)67-28-30-69-59(80)45-82-51-20-16-49(17-21-51)72(35-24-63)36-25-64)39-9-32-74(56-41-48(53-13-5-6-14-54(53)71-56)42-61-75-34-8-12-47-11-7-15-55(84-61)62(47)75)33-10-40-77(3,4)44-58(79)68-29-31-70-60(81)46-83-52-22-18-50(19-23-52)73(37-26-65)38-27-66/h5-7,11,13-23,41-42H,8-10,12,24-40,43-46H2,1-4H3,(H2-2,67,68,69,70,78,79,80,81)/p+2/b61-42-. The molecule has 7 rings (SSSR count). The van der Waals surface area contributed by atoms with Crippen LogP contribution in [0.2, 0.25) is 0 Å². The van der Waals surface area contributed by atoms with Gasteiger partial charge in [-0.05, 0) is 96.8 Å². The van der Waals surface area contributed by atoms with Gasteiger partial charge in [-0.2, -0.15) is 0 Å². The molecular weight excluding hydrogens is 1170 g/mol. The van der Waals surface area contributed by atoms with Gasteiger partial charge in [-0.3, -0.25) is 19.2 Å². The molecule has 0 bridgehead atoms. The summed E-state index contributed by atoms with van der Waals surface area (Å²) in [6.45, 7) is 7.83. The van der Waals surface area contributed by atoms with Crippen LogP contribution in [-0.2, 0) is 25.6 Å². The topological polar surface area (TPSA) is 161 Å². The Morgan fingerprint density at radius 1 is 0.607 bits per heavy atom. The van der Waals surface area contributed by atoms with Crippen molar-refractivity contribution in [3.05, 3.63) is 113 Å². The van der Waals surface area contributed by atoms with E-state index in [-0.39, 0.29) is 76.1 Å². The molecule has 0 saturated carbocycles. The number of anilines is 4. The first-order valence-corrected chi connectivity index (χ1v) is 31.9. The molecule has 454 valence electrons. The van der Waals surface area contributed by atoms with Gasteiger partial charge in [-0.1, -0.05) is 42.1 Å². The van der Waals surface area contributed by atoms with Crippen LogP contribution >= 0.6 is 58.2 Å². The number of hydrogen-bond acceptors (Lipinski definition) is 12. The molecule has 5 aromatic rings. The quantitative estimate of drug-likeness (QED) is 0.0174. The van der Waals surface area contributed by atoms with E-state index in [0.717, 1.165) is 79.0 Å². The van der Waals surface area contributed by atoms with Crippen LogP contribution < -0.4 is 50.3 Å². The number of thioether (sulfide) groups is 1. The summed E-state index contributed by atoms with van der Waals surface area (Å²) in [6.07, 6.45) is 6.08. The predicted octanol–water partition coefficient (Wildman–Crippen LogP) is 8.02. The normalized spacial score (nSPS) is 13.3. The highest BCUT2D eigenvalue weighted by atomic mass is 35.5. The third-order valence-corrected chi connectivity index (χ3v) is 16.4. The molecule has 0 unspecified atom stereocenters. The van der Waals surface area contributed by atoms with Crippen LogP contribution in [-0.4, -0.2) is 201 Å². The number of alkyl halides is 4. The van der Waals surface area contributed by atoms with Crippen molar-refractivity contribution >= 4 is 122 Å². The number of rotatable bonds is 36. The van der Waals surface area contributed by atoms with Crippen molar-refractivity contribution in [2.24, 2.45) is 0 Å². The minimum absolute atomic E-state index is 0.104. The zero-order chi connectivity index (χ0) is 59.9. The molecule has 2 aliphatic heterocycles. The first kappa shape index (κ1) is 65.7. The van der Waals surface area contributed by atoms with Crippen LogP contribution in [0.5, 0.6) is 11.5 Å². The molecule has 4 amide bonds. The number of nitrogens with zero attached hydrogens (tertiary/aromatic N) is 7. The number of pyridine rings is 1. The second-order valence-corrected chi connectivity index (χ2v) is 24.8. The maximum absolute atomic E-state index is 13.3. The molecular formula is C62H83Cl4N11O6S+2. The molecule has 0 aliphatic carbocycles. The summed E-state index contributed by atoms with van der Waals surface area (Å²) in [7, 11) is 8.23. The number of aryl methyl sites for hydroxylation is 1. The van der Waals surface area contributed by atoms with Crippen molar-refractivity contribution in [2.45, 2.75) is 30.6 Å². The number of carbonyl (C=O) groups excluding carboxylic acids is 4. The largest absolute Gasteiger partial charge is 0.484 e. The van der Waals surface area contributed by atoms with Crippen LogP contribution in [0.1, 0.15) is 30.4 Å². The molecule has 0 spiro atoms. The molecule has 4 N–H and O–H groups in total. The number of nitrogens with one attached hydrogen (secondary N) is 4. The third kappa shape index (κ3) is 20.4. The summed E-state index contributed by atoms with van der Waals surface area (Å²) in [4.78, 5) is 67.4. The fourth-order valence-electron chi connectivity index (χ4n) is 10.4. The Hall–Kier alpha value is -5.86. The highest BCUT2D eigenvalue weighted by Gasteiger charge is 2.31. The summed E-state index contributed by atoms with van der Waals surface area (Å²) >= 11 is 25.7. The Kier molecular flexibility index (Phi) is 25.9. The Labute approximate surface area is 520 Å². The van der Waals surface area contributed by atoms with Crippen molar-refractivity contribution in [3.8, 4) is 11.5 Å². The van der Waals surface area contributed by atoms with Crippen molar-refractivity contribution in [3.63, 3.8) is 0 Å². The van der Waals surface area contributed by atoms with E-state index in [4.69, 9.17) is 60.9 Å². The van der Waals surface area contributed by atoms with Gasteiger partial charge < -0.3 is 59.3 Å². The van der Waals surface area contributed by atoms with Crippen molar-refractivity contribution in [1.29, 1.82) is 0 Å². The number of benzene rings is 4. The fraction of sp³-hybridized carbons (Fsp3) is 0.468. The van der Waals surface area contributed by atoms with E-state index in [2.05, 4.69) is 118 Å². The number of quaternary nitrogens is 2.